The number of carbonyl (C=O) groups excluding carboxylic acids is 1. The number of aromatic nitrogens is 1. The zero-order chi connectivity index (χ0) is 15.8. The first-order chi connectivity index (χ1) is 9.69. The van der Waals surface area contributed by atoms with Crippen molar-refractivity contribution in [3.8, 4) is 0 Å². The van der Waals surface area contributed by atoms with Crippen LogP contribution in [0.1, 0.15) is 16.6 Å². The Kier molecular flexibility index (Phi) is 6.33. The van der Waals surface area contributed by atoms with E-state index in [4.69, 9.17) is 9.63 Å². The van der Waals surface area contributed by atoms with Gasteiger partial charge in [0.1, 0.15) is 19.8 Å². The standard InChI is InChI=1S/C11H14NO8P.Li/c13-8-7(5-21(17,18)19)20-10(9(8)14)12-3-1-2-6(4-12)11(15)16;/h1-4,7-10,13-14H,5H2,(H2-,15,16,17,18,19);/q;+1/p-1/t7-,8-,9-,10-;/m1./s1. The number of hydrogen-bond donors (Lipinski definition) is 3. The number of nitrogens with zero attached hydrogens (tertiary/aromatic N) is 1. The van der Waals surface area contributed by atoms with E-state index in [1.165, 1.54) is 22.9 Å². The van der Waals surface area contributed by atoms with Gasteiger partial charge in [0.05, 0.1) is 11.5 Å². The van der Waals surface area contributed by atoms with Gasteiger partial charge in [-0.3, -0.25) is 0 Å². The van der Waals surface area contributed by atoms with Gasteiger partial charge < -0.3 is 39.2 Å². The number of pyridine rings is 1. The Hall–Kier alpha value is -0.753. The molecule has 1 saturated heterocycles. The summed E-state index contributed by atoms with van der Waals surface area (Å²) in [5, 5.41) is 30.4. The molecule has 5 atom stereocenters. The molecule has 9 nitrogen and oxygen atoms in total. The van der Waals surface area contributed by atoms with E-state index in [0.29, 0.717) is 0 Å². The summed E-state index contributed by atoms with van der Waals surface area (Å²) >= 11 is 0. The Bertz CT molecular complexity index is 593. The molecule has 0 aliphatic carbocycles. The topological polar surface area (TPSA) is 154 Å². The average Bonchev–Trinajstić information content (AvgIpc) is 2.65. The number of hydrogen-bond acceptors (Lipinski definition) is 7. The molecule has 1 aliphatic heterocycles. The van der Waals surface area contributed by atoms with E-state index >= 15 is 0 Å². The van der Waals surface area contributed by atoms with Gasteiger partial charge in [-0.05, 0) is 6.07 Å². The van der Waals surface area contributed by atoms with Gasteiger partial charge in [-0.15, -0.1) is 0 Å². The molecule has 0 spiro atoms. The molecular formula is C11H13LiNO8P. The maximum Gasteiger partial charge on any atom is 1.00 e. The van der Waals surface area contributed by atoms with Gasteiger partial charge in [-0.1, -0.05) is 0 Å². The molecule has 0 amide bonds. The van der Waals surface area contributed by atoms with Crippen LogP contribution >= 0.6 is 7.60 Å². The van der Waals surface area contributed by atoms with Crippen molar-refractivity contribution in [3.05, 3.63) is 30.1 Å². The fraction of sp³-hybridized carbons (Fsp3) is 0.455. The molecule has 2 rings (SSSR count). The van der Waals surface area contributed by atoms with Crippen molar-refractivity contribution < 1.29 is 62.6 Å². The minimum Gasteiger partial charge on any atom is -0.779 e. The van der Waals surface area contributed by atoms with Crippen molar-refractivity contribution in [3.63, 3.8) is 0 Å². The summed E-state index contributed by atoms with van der Waals surface area (Å²) in [6.45, 7) is 0. The van der Waals surface area contributed by atoms with Crippen molar-refractivity contribution in [1.29, 1.82) is 0 Å². The van der Waals surface area contributed by atoms with Gasteiger partial charge >= 0.3 is 18.9 Å². The van der Waals surface area contributed by atoms with Crippen LogP contribution in [0.2, 0.25) is 0 Å². The first-order valence-electron chi connectivity index (χ1n) is 5.95. The van der Waals surface area contributed by atoms with E-state index in [1.54, 1.807) is 0 Å². The van der Waals surface area contributed by atoms with Gasteiger partial charge in [0.25, 0.3) is 6.23 Å². The number of rotatable bonds is 4. The zero-order valence-corrected chi connectivity index (χ0v) is 12.5. The molecule has 1 unspecified atom stereocenters. The first-order valence-corrected chi connectivity index (χ1v) is 7.72. The number of aliphatic hydroxyl groups is 2. The van der Waals surface area contributed by atoms with E-state index in [0.717, 1.165) is 6.20 Å². The Balaban J connectivity index is 0.00000242. The number of carbonyl (C=O) groups is 1. The van der Waals surface area contributed by atoms with Crippen LogP contribution in [0, 0.1) is 0 Å². The van der Waals surface area contributed by atoms with Crippen molar-refractivity contribution >= 4 is 13.6 Å². The Morgan fingerprint density at radius 3 is 2.59 bits per heavy atom. The molecule has 2 heterocycles. The fourth-order valence-electron chi connectivity index (χ4n) is 2.13. The molecule has 3 N–H and O–H groups in total. The number of aliphatic hydroxyl groups excluding tert-OH is 2. The Labute approximate surface area is 137 Å². The molecule has 0 bridgehead atoms. The number of carboxylic acids is 1. The fourth-order valence-corrected chi connectivity index (χ4v) is 2.88. The molecule has 0 radical (unpaired) electrons. The van der Waals surface area contributed by atoms with Crippen LogP contribution in [-0.2, 0) is 9.30 Å². The SMILES string of the molecule is O=C([O-])c1ccc[n+]([C@@H]2O[C@H](CP(=O)([O-])O)[C@@H](O)[C@H]2O)c1.[Li+]. The maximum atomic E-state index is 10.8. The maximum absolute atomic E-state index is 10.8. The van der Waals surface area contributed by atoms with E-state index < -0.39 is 44.3 Å². The van der Waals surface area contributed by atoms with Crippen molar-refractivity contribution in [2.45, 2.75) is 24.5 Å². The third kappa shape index (κ3) is 4.38. The van der Waals surface area contributed by atoms with Gasteiger partial charge in [0, 0.05) is 12.2 Å². The molecule has 116 valence electrons. The second-order valence-corrected chi connectivity index (χ2v) is 6.33. The van der Waals surface area contributed by atoms with Crippen LogP contribution in [0.3, 0.4) is 0 Å². The summed E-state index contributed by atoms with van der Waals surface area (Å²) in [7, 11) is -4.68. The van der Waals surface area contributed by atoms with Crippen LogP contribution in [-0.4, -0.2) is 45.5 Å². The van der Waals surface area contributed by atoms with E-state index in [9.17, 15) is 29.6 Å². The van der Waals surface area contributed by atoms with Crippen LogP contribution in [0.15, 0.2) is 24.5 Å². The normalized spacial score (nSPS) is 30.4. The molecule has 0 saturated carbocycles. The number of aromatic carboxylic acids is 1. The van der Waals surface area contributed by atoms with Crippen molar-refractivity contribution in [2.24, 2.45) is 0 Å². The molecular weight excluding hydrogens is 312 g/mol. The van der Waals surface area contributed by atoms with Gasteiger partial charge in [-0.25, -0.2) is 0 Å². The monoisotopic (exact) mass is 325 g/mol. The number of carboxylic acid groups (broad SMARTS) is 1. The third-order valence-electron chi connectivity index (χ3n) is 3.10. The molecule has 0 aromatic carbocycles. The molecule has 22 heavy (non-hydrogen) atoms. The van der Waals surface area contributed by atoms with E-state index in [-0.39, 0.29) is 24.4 Å². The second-order valence-electron chi connectivity index (χ2n) is 4.69. The van der Waals surface area contributed by atoms with Crippen LogP contribution in [0.5, 0.6) is 0 Å². The second kappa shape index (κ2) is 7.21. The molecule has 1 aromatic heterocycles. The molecule has 1 aliphatic rings. The average molecular weight is 325 g/mol. The summed E-state index contributed by atoms with van der Waals surface area (Å²) < 4.78 is 17.2. The quantitative estimate of drug-likeness (QED) is 0.280. The largest absolute Gasteiger partial charge is 1.00 e. The summed E-state index contributed by atoms with van der Waals surface area (Å²) in [5.41, 5.74) is -0.178. The Morgan fingerprint density at radius 2 is 2.05 bits per heavy atom. The minimum absolute atomic E-state index is 0. The van der Waals surface area contributed by atoms with Gasteiger partial charge in [-0.2, -0.15) is 4.57 Å². The van der Waals surface area contributed by atoms with Gasteiger partial charge in [0.15, 0.2) is 18.5 Å². The zero-order valence-electron chi connectivity index (χ0n) is 11.6. The molecule has 11 heteroatoms. The summed E-state index contributed by atoms with van der Waals surface area (Å²) in [6.07, 6.45) is -3.89. The first kappa shape index (κ1) is 19.3. The predicted octanol–water partition coefficient (Wildman–Crippen LogP) is -6.49. The van der Waals surface area contributed by atoms with Crippen molar-refractivity contribution in [2.75, 3.05) is 6.16 Å². The van der Waals surface area contributed by atoms with Crippen molar-refractivity contribution in [1.82, 2.24) is 0 Å². The van der Waals surface area contributed by atoms with Crippen LogP contribution < -0.4 is 33.4 Å². The molecule has 1 aromatic rings. The summed E-state index contributed by atoms with van der Waals surface area (Å²) in [6, 6.07) is 2.63. The smallest absolute Gasteiger partial charge is 0.779 e. The molecule has 1 fully saturated rings. The Morgan fingerprint density at radius 1 is 1.41 bits per heavy atom. The summed E-state index contributed by atoms with van der Waals surface area (Å²) in [4.78, 5) is 30.4. The minimum atomic E-state index is -4.68. The summed E-state index contributed by atoms with van der Waals surface area (Å²) in [5.74, 6) is -1.44. The van der Waals surface area contributed by atoms with E-state index in [1.807, 2.05) is 0 Å². The predicted molar refractivity (Wildman–Crippen MR) is 61.6 cm³/mol. The number of ether oxygens (including phenoxy) is 1. The van der Waals surface area contributed by atoms with Crippen LogP contribution in [0.4, 0.5) is 0 Å². The van der Waals surface area contributed by atoms with E-state index in [2.05, 4.69) is 0 Å². The van der Waals surface area contributed by atoms with Crippen LogP contribution in [0.25, 0.3) is 0 Å². The van der Waals surface area contributed by atoms with Gasteiger partial charge in [0.2, 0.25) is 0 Å². The third-order valence-corrected chi connectivity index (χ3v) is 3.92.